The number of nitrogens with zero attached hydrogens (tertiary/aromatic N) is 1. The van der Waals surface area contributed by atoms with Gasteiger partial charge in [0.05, 0.1) is 0 Å². The van der Waals surface area contributed by atoms with Crippen molar-refractivity contribution in [2.24, 2.45) is 0 Å². The van der Waals surface area contributed by atoms with Crippen molar-refractivity contribution in [2.75, 3.05) is 6.54 Å². The molecule has 0 bridgehead atoms. The second-order valence-corrected chi connectivity index (χ2v) is 3.01. The van der Waals surface area contributed by atoms with Gasteiger partial charge in [0.2, 0.25) is 0 Å². The minimum Gasteiger partial charge on any atom is -0.480 e. The fourth-order valence-electron chi connectivity index (χ4n) is 1.01. The number of rotatable bonds is 4. The topological polar surface area (TPSA) is 57.6 Å². The number of hydrogen-bond donors (Lipinski definition) is 1. The molecule has 4 nitrogen and oxygen atoms in total. The number of carbonyl (C=O) groups excluding carboxylic acids is 1. The number of carboxylic acids is 1. The average Bonchev–Trinajstić information content (AvgIpc) is 2.10. The lowest BCUT2D eigenvalue weighted by Gasteiger charge is -2.26. The van der Waals surface area contributed by atoms with Gasteiger partial charge in [-0.25, -0.2) is 4.79 Å². The Bertz CT molecular complexity index is 252. The SMILES string of the molecule is CCCN(C(=O)C(F)(F)F)C(C)C(=O)O. The van der Waals surface area contributed by atoms with Gasteiger partial charge in [0.15, 0.2) is 0 Å². The molecule has 0 aliphatic carbocycles. The molecule has 7 heteroatoms. The highest BCUT2D eigenvalue weighted by Gasteiger charge is 2.44. The molecule has 0 saturated heterocycles. The fourth-order valence-corrected chi connectivity index (χ4v) is 1.01. The molecule has 15 heavy (non-hydrogen) atoms. The van der Waals surface area contributed by atoms with Crippen LogP contribution in [0.4, 0.5) is 13.2 Å². The molecule has 1 atom stereocenters. The van der Waals surface area contributed by atoms with Crippen molar-refractivity contribution in [3.63, 3.8) is 0 Å². The van der Waals surface area contributed by atoms with Gasteiger partial charge in [-0.1, -0.05) is 6.92 Å². The molecule has 0 spiro atoms. The van der Waals surface area contributed by atoms with E-state index in [1.807, 2.05) is 0 Å². The van der Waals surface area contributed by atoms with Crippen LogP contribution in [0.3, 0.4) is 0 Å². The Morgan fingerprint density at radius 2 is 1.87 bits per heavy atom. The van der Waals surface area contributed by atoms with Crippen LogP contribution >= 0.6 is 0 Å². The number of hydrogen-bond acceptors (Lipinski definition) is 2. The molecular formula is C8H12F3NO3. The van der Waals surface area contributed by atoms with E-state index >= 15 is 0 Å². The molecule has 1 N–H and O–H groups in total. The van der Waals surface area contributed by atoms with Gasteiger partial charge in [-0.2, -0.15) is 13.2 Å². The zero-order valence-corrected chi connectivity index (χ0v) is 8.34. The molecule has 0 aromatic rings. The van der Waals surface area contributed by atoms with Crippen molar-refractivity contribution >= 4 is 11.9 Å². The van der Waals surface area contributed by atoms with E-state index in [9.17, 15) is 22.8 Å². The quantitative estimate of drug-likeness (QED) is 0.786. The highest BCUT2D eigenvalue weighted by atomic mass is 19.4. The van der Waals surface area contributed by atoms with E-state index < -0.39 is 24.1 Å². The van der Waals surface area contributed by atoms with Gasteiger partial charge >= 0.3 is 18.1 Å². The summed E-state index contributed by atoms with van der Waals surface area (Å²) in [5.74, 6) is -3.57. The summed E-state index contributed by atoms with van der Waals surface area (Å²) in [6.45, 7) is 2.37. The van der Waals surface area contributed by atoms with Crippen LogP contribution in [0, 0.1) is 0 Å². The van der Waals surface area contributed by atoms with Gasteiger partial charge in [0, 0.05) is 6.54 Å². The van der Waals surface area contributed by atoms with Gasteiger partial charge < -0.3 is 10.0 Å². The van der Waals surface area contributed by atoms with Crippen LogP contribution in [-0.4, -0.2) is 40.6 Å². The van der Waals surface area contributed by atoms with Crippen molar-refractivity contribution in [3.05, 3.63) is 0 Å². The number of aliphatic carboxylic acids is 1. The lowest BCUT2D eigenvalue weighted by Crippen LogP contribution is -2.49. The highest BCUT2D eigenvalue weighted by molar-refractivity contribution is 5.86. The largest absolute Gasteiger partial charge is 0.480 e. The van der Waals surface area contributed by atoms with Crippen LogP contribution in [0.1, 0.15) is 20.3 Å². The zero-order valence-electron chi connectivity index (χ0n) is 8.34. The minimum absolute atomic E-state index is 0.230. The van der Waals surface area contributed by atoms with Crippen molar-refractivity contribution in [3.8, 4) is 0 Å². The summed E-state index contributed by atoms with van der Waals surface area (Å²) in [6.07, 6.45) is -4.77. The lowest BCUT2D eigenvalue weighted by molar-refractivity contribution is -0.189. The summed E-state index contributed by atoms with van der Waals surface area (Å²) in [5, 5.41) is 8.53. The third-order valence-corrected chi connectivity index (χ3v) is 1.79. The van der Waals surface area contributed by atoms with Crippen LogP contribution in [0.25, 0.3) is 0 Å². The Balaban J connectivity index is 4.81. The van der Waals surface area contributed by atoms with Crippen molar-refractivity contribution in [1.29, 1.82) is 0 Å². The van der Waals surface area contributed by atoms with Crippen LogP contribution < -0.4 is 0 Å². The number of alkyl halides is 3. The van der Waals surface area contributed by atoms with Crippen LogP contribution in [0.15, 0.2) is 0 Å². The molecule has 1 unspecified atom stereocenters. The normalized spacial score (nSPS) is 13.4. The van der Waals surface area contributed by atoms with Gasteiger partial charge in [0.25, 0.3) is 0 Å². The monoisotopic (exact) mass is 227 g/mol. The molecule has 0 rings (SSSR count). The summed E-state index contributed by atoms with van der Waals surface area (Å²) < 4.78 is 36.2. The Labute approximate surface area is 84.7 Å². The molecule has 0 aromatic heterocycles. The van der Waals surface area contributed by atoms with E-state index in [0.29, 0.717) is 4.90 Å². The first kappa shape index (κ1) is 13.7. The number of carbonyl (C=O) groups is 2. The molecular weight excluding hydrogens is 215 g/mol. The van der Waals surface area contributed by atoms with Crippen molar-refractivity contribution < 1.29 is 27.9 Å². The molecule has 0 radical (unpaired) electrons. The van der Waals surface area contributed by atoms with E-state index in [-0.39, 0.29) is 13.0 Å². The van der Waals surface area contributed by atoms with E-state index in [2.05, 4.69) is 0 Å². The van der Waals surface area contributed by atoms with Crippen molar-refractivity contribution in [2.45, 2.75) is 32.5 Å². The first-order chi connectivity index (χ1) is 6.71. The number of amides is 1. The second-order valence-electron chi connectivity index (χ2n) is 3.01. The zero-order chi connectivity index (χ0) is 12.2. The maximum Gasteiger partial charge on any atom is 0.471 e. The van der Waals surface area contributed by atoms with E-state index in [1.54, 1.807) is 6.92 Å². The van der Waals surface area contributed by atoms with Gasteiger partial charge in [-0.3, -0.25) is 4.79 Å². The van der Waals surface area contributed by atoms with Crippen LogP contribution in [0.5, 0.6) is 0 Å². The van der Waals surface area contributed by atoms with Gasteiger partial charge in [-0.05, 0) is 13.3 Å². The maximum absolute atomic E-state index is 12.1. The van der Waals surface area contributed by atoms with E-state index in [4.69, 9.17) is 5.11 Å². The molecule has 88 valence electrons. The van der Waals surface area contributed by atoms with E-state index in [1.165, 1.54) is 0 Å². The molecule has 0 aliphatic heterocycles. The maximum atomic E-state index is 12.1. The summed E-state index contributed by atoms with van der Waals surface area (Å²) in [4.78, 5) is 21.6. The third kappa shape index (κ3) is 3.77. The molecule has 0 fully saturated rings. The Kier molecular flexibility index (Phi) is 4.57. The van der Waals surface area contributed by atoms with E-state index in [0.717, 1.165) is 6.92 Å². The number of carboxylic acid groups (broad SMARTS) is 1. The third-order valence-electron chi connectivity index (χ3n) is 1.79. The predicted molar refractivity (Wildman–Crippen MR) is 45.2 cm³/mol. The summed E-state index contributed by atoms with van der Waals surface area (Å²) in [7, 11) is 0. The van der Waals surface area contributed by atoms with Crippen LogP contribution in [0.2, 0.25) is 0 Å². The molecule has 1 amide bonds. The summed E-state index contributed by atoms with van der Waals surface area (Å²) in [5.41, 5.74) is 0. The average molecular weight is 227 g/mol. The standard InChI is InChI=1S/C8H12F3NO3/c1-3-4-12(5(2)6(13)14)7(15)8(9,10)11/h5H,3-4H2,1-2H3,(H,13,14). The fraction of sp³-hybridized carbons (Fsp3) is 0.750. The first-order valence-corrected chi connectivity index (χ1v) is 4.32. The Morgan fingerprint density at radius 3 is 2.13 bits per heavy atom. The first-order valence-electron chi connectivity index (χ1n) is 4.32. The molecule has 0 saturated carbocycles. The molecule has 0 aromatic carbocycles. The second kappa shape index (κ2) is 4.99. The predicted octanol–water partition coefficient (Wildman–Crippen LogP) is 1.26. The summed E-state index contributed by atoms with van der Waals surface area (Å²) >= 11 is 0. The summed E-state index contributed by atoms with van der Waals surface area (Å²) in [6, 6.07) is -1.47. The number of halogens is 3. The smallest absolute Gasteiger partial charge is 0.471 e. The molecule has 0 aliphatic rings. The van der Waals surface area contributed by atoms with Gasteiger partial charge in [0.1, 0.15) is 6.04 Å². The van der Waals surface area contributed by atoms with Gasteiger partial charge in [-0.15, -0.1) is 0 Å². The Hall–Kier alpha value is -1.27. The van der Waals surface area contributed by atoms with Crippen molar-refractivity contribution in [1.82, 2.24) is 4.90 Å². The van der Waals surface area contributed by atoms with Crippen LogP contribution in [-0.2, 0) is 9.59 Å². The Morgan fingerprint density at radius 1 is 1.40 bits per heavy atom. The molecule has 0 heterocycles. The highest BCUT2D eigenvalue weighted by Crippen LogP contribution is 2.20. The minimum atomic E-state index is -5.03. The lowest BCUT2D eigenvalue weighted by atomic mass is 10.2.